The number of rotatable bonds is 46. The van der Waals surface area contributed by atoms with Gasteiger partial charge in [-0.1, -0.05) is 6.92 Å². The van der Waals surface area contributed by atoms with Crippen LogP contribution in [0.3, 0.4) is 0 Å². The van der Waals surface area contributed by atoms with E-state index >= 15 is 0 Å². The molecule has 1 unspecified atom stereocenters. The lowest BCUT2D eigenvalue weighted by molar-refractivity contribution is 0.0765. The molecule has 18 nitrogen and oxygen atoms in total. The number of aliphatic hydroxyl groups is 6. The van der Waals surface area contributed by atoms with Gasteiger partial charge in [0.15, 0.2) is 49.9 Å². The van der Waals surface area contributed by atoms with E-state index in [2.05, 4.69) is 130 Å². The number of aliphatic hydroxyl groups excluding tert-OH is 6. The smallest absolute Gasteiger partial charge is 0.311 e. The van der Waals surface area contributed by atoms with Crippen molar-refractivity contribution in [2.24, 2.45) is 0 Å². The topological polar surface area (TPSA) is 232 Å². The zero-order valence-electron chi connectivity index (χ0n) is 53.5. The lowest BCUT2D eigenvalue weighted by Gasteiger charge is -2.39. The summed E-state index contributed by atoms with van der Waals surface area (Å²) in [4.78, 5) is 0. The molecule has 0 aliphatic carbocycles. The maximum absolute atomic E-state index is 8.72. The molecule has 0 aliphatic rings. The van der Waals surface area contributed by atoms with Crippen LogP contribution in [0.5, 0.6) is 0 Å². The molecule has 0 heterocycles. The summed E-state index contributed by atoms with van der Waals surface area (Å²) in [6.45, 7) is 50.7. The lowest BCUT2D eigenvalue weighted by atomic mass is 10.5. The van der Waals surface area contributed by atoms with E-state index in [0.29, 0.717) is 66.1 Å². The molecule has 27 heteroatoms. The molecule has 0 amide bonds. The second kappa shape index (κ2) is 46.5. The summed E-state index contributed by atoms with van der Waals surface area (Å²) >= 11 is 0. The van der Waals surface area contributed by atoms with Gasteiger partial charge in [0, 0.05) is 53.4 Å². The van der Waals surface area contributed by atoms with E-state index in [-0.39, 0.29) is 39.1 Å². The first-order valence-electron chi connectivity index (χ1n) is 28.7. The van der Waals surface area contributed by atoms with E-state index in [4.69, 9.17) is 79.0 Å². The highest BCUT2D eigenvalue weighted by Crippen LogP contribution is 2.29. The fourth-order valence-corrected chi connectivity index (χ4v) is 49.7. The summed E-state index contributed by atoms with van der Waals surface area (Å²) in [6.07, 6.45) is 5.29. The molecule has 0 aliphatic heterocycles. The van der Waals surface area contributed by atoms with E-state index in [1.54, 1.807) is 14.0 Å². The molecular weight excluding hydrogens is 1140 g/mol. The van der Waals surface area contributed by atoms with Gasteiger partial charge in [-0.3, -0.25) is 0 Å². The molecule has 1 atom stereocenters. The average molecular weight is 1270 g/mol. The molecule has 0 fully saturated rings. The van der Waals surface area contributed by atoms with Gasteiger partial charge in [-0.05, 0) is 200 Å². The van der Waals surface area contributed by atoms with Crippen LogP contribution in [0.25, 0.3) is 0 Å². The molecule has 0 bridgehead atoms. The van der Waals surface area contributed by atoms with Gasteiger partial charge in [0.2, 0.25) is 0 Å². The molecular formula is C50H126O18Si9. The highest BCUT2D eigenvalue weighted by molar-refractivity contribution is 6.89. The molecule has 470 valence electrons. The van der Waals surface area contributed by atoms with Crippen LogP contribution in [0.15, 0.2) is 0 Å². The molecule has 0 aromatic carbocycles. The van der Waals surface area contributed by atoms with Gasteiger partial charge in [-0.15, -0.1) is 0 Å². The Kier molecular flexibility index (Phi) is 51.2. The molecule has 0 spiro atoms. The fraction of sp³-hybridized carbons (Fsp3) is 1.00. The van der Waals surface area contributed by atoms with Crippen LogP contribution in [0, 0.1) is 0 Å². The van der Waals surface area contributed by atoms with Crippen molar-refractivity contribution in [3.05, 3.63) is 0 Å². The minimum absolute atomic E-state index is 0.0792. The van der Waals surface area contributed by atoms with Crippen molar-refractivity contribution in [1.82, 2.24) is 0 Å². The summed E-state index contributed by atoms with van der Waals surface area (Å²) in [5.74, 6) is 0. The Bertz CT molecular complexity index is 1220. The summed E-state index contributed by atoms with van der Waals surface area (Å²) in [6, 6.07) is 6.38. The van der Waals surface area contributed by atoms with Gasteiger partial charge in [0.25, 0.3) is 0 Å². The van der Waals surface area contributed by atoms with Crippen LogP contribution in [0.2, 0.25) is 154 Å². The van der Waals surface area contributed by atoms with Crippen LogP contribution in [0.4, 0.5) is 0 Å². The Balaban J connectivity index is -0.000000493. The van der Waals surface area contributed by atoms with Crippen LogP contribution in [-0.2, 0) is 53.1 Å². The van der Waals surface area contributed by atoms with Gasteiger partial charge >= 0.3 is 25.7 Å². The van der Waals surface area contributed by atoms with Crippen LogP contribution in [-0.4, -0.2) is 225 Å². The first-order chi connectivity index (χ1) is 35.4. The number of ether oxygens (including phenoxy) is 6. The van der Waals surface area contributed by atoms with E-state index < -0.39 is 75.6 Å². The molecule has 0 rings (SSSR count). The molecule has 0 aromatic heterocycles. The van der Waals surface area contributed by atoms with E-state index in [1.807, 2.05) is 0 Å². The molecule has 0 aromatic rings. The monoisotopic (exact) mass is 1270 g/mol. The Hall–Kier alpha value is 1.23. The third-order valence-electron chi connectivity index (χ3n) is 11.1. The Morgan fingerprint density at radius 2 is 0.519 bits per heavy atom. The van der Waals surface area contributed by atoms with Crippen molar-refractivity contribution < 1.29 is 83.8 Å². The van der Waals surface area contributed by atoms with Gasteiger partial charge in [0.1, 0.15) is 0 Å². The quantitative estimate of drug-likeness (QED) is 0.0246. The summed E-state index contributed by atoms with van der Waals surface area (Å²) in [5.41, 5.74) is 0. The average Bonchev–Trinajstić information content (AvgIpc) is 3.25. The molecule has 0 saturated heterocycles. The van der Waals surface area contributed by atoms with Crippen molar-refractivity contribution in [2.45, 2.75) is 213 Å². The third kappa shape index (κ3) is 61.6. The highest BCUT2D eigenvalue weighted by atomic mass is 28.5. The standard InChI is InChI=1S/2C16H40O6Si3.C14H36O4Si3.C4H10O2/c2*1-23(2,15-7-11-19-13-9-17)21-25(5,6)22-24(3,4)16-8-12-20-14-10-18;1-8-19(2,3)17-21(6,7)18-20(4,5)14-10-13-16-12-9-11-15;1-4(5)3-6-2/h2*17-18H,7-16H2,1-6H3;15H,8-14H2,1-7H3;4-5H,3H2,1-2H3. The van der Waals surface area contributed by atoms with E-state index in [1.165, 1.54) is 0 Å². The number of hydrogen-bond donors (Lipinski definition) is 6. The molecule has 77 heavy (non-hydrogen) atoms. The Morgan fingerprint density at radius 3 is 0.688 bits per heavy atom. The Labute approximate surface area is 482 Å². The van der Waals surface area contributed by atoms with E-state index in [9.17, 15) is 0 Å². The first kappa shape index (κ1) is 84.7. The van der Waals surface area contributed by atoms with Crippen molar-refractivity contribution in [1.29, 1.82) is 0 Å². The van der Waals surface area contributed by atoms with Crippen LogP contribution in [0.1, 0.15) is 52.4 Å². The normalized spacial score (nSPS) is 13.6. The SMILES string of the molecule is CC[Si](C)(C)O[Si](C)(C)O[Si](C)(C)CCCOCCCO.COCC(C)O.C[Si](C)(CCCOCCO)O[Si](C)(C)O[Si](C)(C)CCCOCCO.C[Si](C)(CCCOCCO)O[Si](C)(C)O[Si](C)(C)CCCOCCO. The predicted octanol–water partition coefficient (Wildman–Crippen LogP) is 9.81. The predicted molar refractivity (Wildman–Crippen MR) is 339 cm³/mol. The van der Waals surface area contributed by atoms with E-state index in [0.717, 1.165) is 81.4 Å². The lowest BCUT2D eigenvalue weighted by Crippen LogP contribution is -2.52. The maximum atomic E-state index is 8.72. The van der Waals surface area contributed by atoms with Gasteiger partial charge in [-0.25, -0.2) is 0 Å². The zero-order valence-corrected chi connectivity index (χ0v) is 62.5. The van der Waals surface area contributed by atoms with Crippen molar-refractivity contribution >= 4 is 75.6 Å². The molecule has 6 N–H and O–H groups in total. The summed E-state index contributed by atoms with van der Waals surface area (Å²) in [7, 11) is -15.2. The van der Waals surface area contributed by atoms with Gasteiger partial charge < -0.3 is 83.8 Å². The largest absolute Gasteiger partial charge is 0.437 e. The minimum atomic E-state index is -2.16. The van der Waals surface area contributed by atoms with Gasteiger partial charge in [-0.2, -0.15) is 0 Å². The maximum Gasteiger partial charge on any atom is 0.311 e. The van der Waals surface area contributed by atoms with Crippen molar-refractivity contribution in [2.75, 3.05) is 113 Å². The zero-order chi connectivity index (χ0) is 60.4. The minimum Gasteiger partial charge on any atom is -0.437 e. The van der Waals surface area contributed by atoms with Crippen LogP contribution < -0.4 is 0 Å². The third-order valence-corrected chi connectivity index (χ3v) is 45.7. The highest BCUT2D eigenvalue weighted by Gasteiger charge is 2.41. The van der Waals surface area contributed by atoms with Crippen molar-refractivity contribution in [3.8, 4) is 0 Å². The first-order valence-corrected chi connectivity index (χ1v) is 55.8. The second-order valence-electron chi connectivity index (χ2n) is 24.6. The number of hydrogen-bond acceptors (Lipinski definition) is 18. The molecule has 0 radical (unpaired) electrons. The number of methoxy groups -OCH3 is 1. The van der Waals surface area contributed by atoms with Crippen molar-refractivity contribution in [3.63, 3.8) is 0 Å². The summed E-state index contributed by atoms with van der Waals surface area (Å²) in [5, 5.41) is 52.0. The Morgan fingerprint density at radius 1 is 0.312 bits per heavy atom. The summed E-state index contributed by atoms with van der Waals surface area (Å²) < 4.78 is 70.4. The molecule has 0 saturated carbocycles. The van der Waals surface area contributed by atoms with Crippen LogP contribution >= 0.6 is 0 Å². The second-order valence-corrected chi connectivity index (χ2v) is 62.2. The van der Waals surface area contributed by atoms with Gasteiger partial charge in [0.05, 0.1) is 65.6 Å². The fourth-order valence-electron chi connectivity index (χ4n) is 8.56.